The Kier molecular flexibility index (Phi) is 6.17. The minimum Gasteiger partial charge on any atom is -0.352 e. The molecular formula is C23H21F4N5O. The van der Waals surface area contributed by atoms with Crippen LogP contribution in [0.1, 0.15) is 11.1 Å². The van der Waals surface area contributed by atoms with Crippen LogP contribution in [0.5, 0.6) is 0 Å². The van der Waals surface area contributed by atoms with Gasteiger partial charge in [0.2, 0.25) is 0 Å². The number of amides is 2. The lowest BCUT2D eigenvalue weighted by Gasteiger charge is -2.35. The maximum Gasteiger partial charge on any atom is 0.419 e. The fraction of sp³-hybridized carbons (Fsp3) is 0.261. The van der Waals surface area contributed by atoms with E-state index in [4.69, 9.17) is 0 Å². The topological polar surface area (TPSA) is 61.4 Å². The van der Waals surface area contributed by atoms with Crippen LogP contribution in [0.3, 0.4) is 0 Å². The number of carbonyl (C=O) groups excluding carboxylic acids is 1. The van der Waals surface area contributed by atoms with Crippen LogP contribution in [0.2, 0.25) is 0 Å². The van der Waals surface area contributed by atoms with Gasteiger partial charge in [-0.1, -0.05) is 24.3 Å². The molecule has 1 aliphatic rings. The number of hydrogen-bond acceptors (Lipinski definition) is 4. The lowest BCUT2D eigenvalue weighted by molar-refractivity contribution is -0.139. The molecule has 4 rings (SSSR count). The van der Waals surface area contributed by atoms with Crippen LogP contribution in [0.4, 0.5) is 33.9 Å². The molecule has 1 aliphatic heterocycles. The van der Waals surface area contributed by atoms with Gasteiger partial charge in [0.15, 0.2) is 5.82 Å². The van der Waals surface area contributed by atoms with Crippen LogP contribution in [0, 0.1) is 12.7 Å². The Balaban J connectivity index is 1.36. The predicted molar refractivity (Wildman–Crippen MR) is 116 cm³/mol. The van der Waals surface area contributed by atoms with Gasteiger partial charge < -0.3 is 15.1 Å². The standard InChI is InChI=1S/C23H21F4N5O/c1-15-4-2-3-5-17(15)20-8-9-21(30-29-20)31-10-12-32(13-11-31)22(33)28-16-6-7-19(24)18(14-16)23(25,26)27/h2-9,14H,10-13H2,1H3,(H,28,33). The molecule has 0 saturated carbocycles. The molecule has 1 aromatic heterocycles. The number of carbonyl (C=O) groups is 1. The number of alkyl halides is 3. The zero-order valence-electron chi connectivity index (χ0n) is 17.7. The number of urea groups is 1. The smallest absolute Gasteiger partial charge is 0.352 e. The summed E-state index contributed by atoms with van der Waals surface area (Å²) in [5, 5.41) is 11.0. The number of anilines is 2. The van der Waals surface area contributed by atoms with Crippen molar-refractivity contribution in [3.8, 4) is 11.3 Å². The molecule has 1 saturated heterocycles. The monoisotopic (exact) mass is 459 g/mol. The van der Waals surface area contributed by atoms with Crippen LogP contribution in [0.15, 0.2) is 54.6 Å². The van der Waals surface area contributed by atoms with Gasteiger partial charge in [0.05, 0.1) is 11.3 Å². The third kappa shape index (κ3) is 5.05. The van der Waals surface area contributed by atoms with Gasteiger partial charge in [-0.2, -0.15) is 13.2 Å². The number of hydrogen-bond donors (Lipinski definition) is 1. The molecule has 1 N–H and O–H groups in total. The van der Waals surface area contributed by atoms with E-state index in [1.165, 1.54) is 4.90 Å². The molecule has 10 heteroatoms. The van der Waals surface area contributed by atoms with Crippen molar-refractivity contribution in [2.24, 2.45) is 0 Å². The maximum absolute atomic E-state index is 13.4. The van der Waals surface area contributed by atoms with E-state index < -0.39 is 23.6 Å². The van der Waals surface area contributed by atoms with E-state index in [9.17, 15) is 22.4 Å². The minimum atomic E-state index is -4.84. The summed E-state index contributed by atoms with van der Waals surface area (Å²) in [5.41, 5.74) is 1.34. The average molecular weight is 459 g/mol. The summed E-state index contributed by atoms with van der Waals surface area (Å²) in [6.45, 7) is 3.68. The largest absolute Gasteiger partial charge is 0.419 e. The molecule has 2 aromatic carbocycles. The lowest BCUT2D eigenvalue weighted by Crippen LogP contribution is -2.50. The van der Waals surface area contributed by atoms with E-state index in [0.29, 0.717) is 44.1 Å². The van der Waals surface area contributed by atoms with Crippen LogP contribution >= 0.6 is 0 Å². The molecule has 1 fully saturated rings. The number of aromatic nitrogens is 2. The van der Waals surface area contributed by atoms with Gasteiger partial charge in [-0.15, -0.1) is 10.2 Å². The first-order chi connectivity index (χ1) is 15.7. The fourth-order valence-corrected chi connectivity index (χ4v) is 3.66. The van der Waals surface area contributed by atoms with Crippen LogP contribution < -0.4 is 10.2 Å². The second-order valence-electron chi connectivity index (χ2n) is 7.69. The zero-order valence-corrected chi connectivity index (χ0v) is 17.7. The maximum atomic E-state index is 13.4. The Labute approximate surface area is 187 Å². The Morgan fingerprint density at radius 1 is 0.970 bits per heavy atom. The highest BCUT2D eigenvalue weighted by molar-refractivity contribution is 5.89. The van der Waals surface area contributed by atoms with Gasteiger partial charge >= 0.3 is 12.2 Å². The number of nitrogens with zero attached hydrogens (tertiary/aromatic N) is 4. The van der Waals surface area contributed by atoms with Crippen molar-refractivity contribution in [2.75, 3.05) is 36.4 Å². The van der Waals surface area contributed by atoms with Gasteiger partial charge in [0, 0.05) is 37.4 Å². The molecule has 0 atom stereocenters. The molecule has 33 heavy (non-hydrogen) atoms. The molecule has 2 amide bonds. The third-order valence-electron chi connectivity index (χ3n) is 5.49. The second kappa shape index (κ2) is 9.05. The molecular weight excluding hydrogens is 438 g/mol. The number of piperazine rings is 1. The highest BCUT2D eigenvalue weighted by Gasteiger charge is 2.34. The first kappa shape index (κ1) is 22.5. The molecule has 0 radical (unpaired) electrons. The van der Waals surface area contributed by atoms with Gasteiger partial charge in [-0.3, -0.25) is 0 Å². The van der Waals surface area contributed by atoms with Gasteiger partial charge in [-0.05, 0) is 42.8 Å². The highest BCUT2D eigenvalue weighted by Crippen LogP contribution is 2.33. The summed E-state index contributed by atoms with van der Waals surface area (Å²) in [6.07, 6.45) is -4.84. The summed E-state index contributed by atoms with van der Waals surface area (Å²) >= 11 is 0. The van der Waals surface area contributed by atoms with Crippen LogP contribution in [0.25, 0.3) is 11.3 Å². The molecule has 0 unspecified atom stereocenters. The Bertz CT molecular complexity index is 1140. The molecule has 0 bridgehead atoms. The molecule has 172 valence electrons. The summed E-state index contributed by atoms with van der Waals surface area (Å²) in [4.78, 5) is 16.0. The second-order valence-corrected chi connectivity index (χ2v) is 7.69. The van der Waals surface area contributed by atoms with E-state index in [-0.39, 0.29) is 5.69 Å². The van der Waals surface area contributed by atoms with Crippen molar-refractivity contribution in [3.63, 3.8) is 0 Å². The van der Waals surface area contributed by atoms with Gasteiger partial charge in [0.1, 0.15) is 5.82 Å². The number of nitrogens with one attached hydrogen (secondary N) is 1. The minimum absolute atomic E-state index is 0.117. The van der Waals surface area contributed by atoms with Gasteiger partial charge in [-0.25, -0.2) is 9.18 Å². The molecule has 2 heterocycles. The SMILES string of the molecule is Cc1ccccc1-c1ccc(N2CCN(C(=O)Nc3ccc(F)c(C(F)(F)F)c3)CC2)nn1. The van der Waals surface area contributed by atoms with E-state index in [0.717, 1.165) is 22.9 Å². The summed E-state index contributed by atoms with van der Waals surface area (Å²) < 4.78 is 52.1. The van der Waals surface area contributed by atoms with Gasteiger partial charge in [0.25, 0.3) is 0 Å². The van der Waals surface area contributed by atoms with Crippen molar-refractivity contribution in [2.45, 2.75) is 13.1 Å². The molecule has 0 spiro atoms. The highest BCUT2D eigenvalue weighted by atomic mass is 19.4. The van der Waals surface area contributed by atoms with Crippen molar-refractivity contribution in [1.82, 2.24) is 15.1 Å². The van der Waals surface area contributed by atoms with Crippen molar-refractivity contribution < 1.29 is 22.4 Å². The molecule has 3 aromatic rings. The predicted octanol–water partition coefficient (Wildman–Crippen LogP) is 4.96. The zero-order chi connectivity index (χ0) is 23.6. The van der Waals surface area contributed by atoms with E-state index in [1.807, 2.05) is 48.2 Å². The average Bonchev–Trinajstić information content (AvgIpc) is 2.80. The normalized spacial score (nSPS) is 14.3. The summed E-state index contributed by atoms with van der Waals surface area (Å²) in [7, 11) is 0. The number of rotatable bonds is 3. The number of aryl methyl sites for hydroxylation is 1. The third-order valence-corrected chi connectivity index (χ3v) is 5.49. The van der Waals surface area contributed by atoms with E-state index >= 15 is 0 Å². The molecule has 0 aliphatic carbocycles. The quantitative estimate of drug-likeness (QED) is 0.563. The number of benzene rings is 2. The Hall–Kier alpha value is -3.69. The number of halogens is 4. The fourth-order valence-electron chi connectivity index (χ4n) is 3.66. The summed E-state index contributed by atoms with van der Waals surface area (Å²) in [5.74, 6) is -0.704. The first-order valence-corrected chi connectivity index (χ1v) is 10.3. The van der Waals surface area contributed by atoms with Crippen molar-refractivity contribution in [1.29, 1.82) is 0 Å². The van der Waals surface area contributed by atoms with Crippen LogP contribution in [-0.4, -0.2) is 47.3 Å². The van der Waals surface area contributed by atoms with Crippen LogP contribution in [-0.2, 0) is 6.18 Å². The van der Waals surface area contributed by atoms with E-state index in [1.54, 1.807) is 0 Å². The Morgan fingerprint density at radius 2 is 1.70 bits per heavy atom. The lowest BCUT2D eigenvalue weighted by atomic mass is 10.1. The molecule has 6 nitrogen and oxygen atoms in total. The van der Waals surface area contributed by atoms with Crippen molar-refractivity contribution >= 4 is 17.5 Å². The summed E-state index contributed by atoms with van der Waals surface area (Å²) in [6, 6.07) is 13.5. The van der Waals surface area contributed by atoms with E-state index in [2.05, 4.69) is 15.5 Å². The first-order valence-electron chi connectivity index (χ1n) is 10.3. The Morgan fingerprint density at radius 3 is 2.33 bits per heavy atom. The van der Waals surface area contributed by atoms with Crippen molar-refractivity contribution in [3.05, 3.63) is 71.5 Å².